The van der Waals surface area contributed by atoms with Crippen LogP contribution in [0.3, 0.4) is 0 Å². The number of aromatic carboxylic acids is 1. The number of aromatic nitrogens is 2. The summed E-state index contributed by atoms with van der Waals surface area (Å²) in [5.41, 5.74) is -1.40. The van der Waals surface area contributed by atoms with Gasteiger partial charge in [-0.3, -0.25) is 9.36 Å². The predicted molar refractivity (Wildman–Crippen MR) is 63.5 cm³/mol. The summed E-state index contributed by atoms with van der Waals surface area (Å²) >= 11 is 0. The van der Waals surface area contributed by atoms with Crippen LogP contribution in [0.4, 0.5) is 13.2 Å². The number of hydrogen-bond acceptors (Lipinski definition) is 4. The third-order valence-corrected chi connectivity index (χ3v) is 2.39. The molecule has 0 spiro atoms. The molecular weight excluding hydrogens is 293 g/mol. The summed E-state index contributed by atoms with van der Waals surface area (Å²) in [5.74, 6) is -1.95. The molecule has 1 N–H and O–H groups in total. The van der Waals surface area contributed by atoms with Crippen molar-refractivity contribution in [2.75, 3.05) is 0 Å². The molecule has 0 aliphatic rings. The second-order valence-electron chi connectivity index (χ2n) is 3.80. The highest BCUT2D eigenvalue weighted by Crippen LogP contribution is 2.23. The van der Waals surface area contributed by atoms with Crippen LogP contribution in [-0.2, 0) is 0 Å². The molecule has 0 aliphatic heterocycles. The molecule has 0 fully saturated rings. The molecule has 0 saturated carbocycles. The molecule has 1 aromatic carbocycles. The molecule has 0 unspecified atom stereocenters. The fraction of sp³-hybridized carbons (Fsp3) is 0.0833. The van der Waals surface area contributed by atoms with Gasteiger partial charge in [-0.25, -0.2) is 9.78 Å². The van der Waals surface area contributed by atoms with Gasteiger partial charge in [-0.05, 0) is 24.3 Å². The Morgan fingerprint density at radius 3 is 2.38 bits per heavy atom. The summed E-state index contributed by atoms with van der Waals surface area (Å²) in [7, 11) is 0. The van der Waals surface area contributed by atoms with Crippen LogP contribution in [0, 0.1) is 0 Å². The molecule has 2 aromatic rings. The maximum atomic E-state index is 12.0. The van der Waals surface area contributed by atoms with Gasteiger partial charge in [0.1, 0.15) is 5.75 Å². The number of nitrogens with zero attached hydrogens (tertiary/aromatic N) is 2. The van der Waals surface area contributed by atoms with Crippen molar-refractivity contribution in [1.82, 2.24) is 9.55 Å². The quantitative estimate of drug-likeness (QED) is 0.935. The second-order valence-corrected chi connectivity index (χ2v) is 3.80. The molecule has 6 nitrogen and oxygen atoms in total. The van der Waals surface area contributed by atoms with Gasteiger partial charge in [0, 0.05) is 18.1 Å². The Bertz CT molecular complexity index is 723. The topological polar surface area (TPSA) is 81.4 Å². The van der Waals surface area contributed by atoms with Gasteiger partial charge in [0.05, 0.1) is 0 Å². The van der Waals surface area contributed by atoms with E-state index in [9.17, 15) is 22.8 Å². The SMILES string of the molecule is O=C(O)c1nccn(-c2ccc(OC(F)(F)F)cc2)c1=O. The zero-order valence-corrected chi connectivity index (χ0v) is 10.2. The third kappa shape index (κ3) is 3.38. The van der Waals surface area contributed by atoms with E-state index in [2.05, 4.69) is 9.72 Å². The van der Waals surface area contributed by atoms with Crippen LogP contribution < -0.4 is 10.3 Å². The maximum Gasteiger partial charge on any atom is 0.573 e. The molecular formula is C12H7F3N2O4. The number of alkyl halides is 3. The Morgan fingerprint density at radius 2 is 1.86 bits per heavy atom. The van der Waals surface area contributed by atoms with E-state index in [0.29, 0.717) is 0 Å². The van der Waals surface area contributed by atoms with Crippen LogP contribution in [0.1, 0.15) is 10.5 Å². The van der Waals surface area contributed by atoms with Crippen molar-refractivity contribution in [3.05, 3.63) is 52.7 Å². The number of benzene rings is 1. The normalized spacial score (nSPS) is 11.2. The van der Waals surface area contributed by atoms with E-state index in [0.717, 1.165) is 22.9 Å². The Morgan fingerprint density at radius 1 is 1.24 bits per heavy atom. The van der Waals surface area contributed by atoms with Crippen LogP contribution in [0.5, 0.6) is 5.75 Å². The first-order chi connectivity index (χ1) is 9.78. The van der Waals surface area contributed by atoms with E-state index in [1.807, 2.05) is 0 Å². The minimum absolute atomic E-state index is 0.180. The molecule has 0 amide bonds. The summed E-state index contributed by atoms with van der Waals surface area (Å²) in [6.45, 7) is 0. The molecule has 21 heavy (non-hydrogen) atoms. The lowest BCUT2D eigenvalue weighted by Gasteiger charge is -2.10. The van der Waals surface area contributed by atoms with E-state index in [1.54, 1.807) is 0 Å². The smallest absolute Gasteiger partial charge is 0.476 e. The van der Waals surface area contributed by atoms with Crippen LogP contribution in [-0.4, -0.2) is 27.0 Å². The van der Waals surface area contributed by atoms with Gasteiger partial charge in [-0.2, -0.15) is 0 Å². The van der Waals surface area contributed by atoms with Crippen molar-refractivity contribution in [1.29, 1.82) is 0 Å². The molecule has 0 saturated heterocycles. The number of carbonyl (C=O) groups is 1. The fourth-order valence-electron chi connectivity index (χ4n) is 1.57. The highest BCUT2D eigenvalue weighted by Gasteiger charge is 2.31. The summed E-state index contributed by atoms with van der Waals surface area (Å²) in [6, 6.07) is 4.40. The van der Waals surface area contributed by atoms with E-state index in [1.165, 1.54) is 18.3 Å². The first-order valence-corrected chi connectivity index (χ1v) is 5.45. The zero-order valence-electron chi connectivity index (χ0n) is 10.2. The monoisotopic (exact) mass is 300 g/mol. The lowest BCUT2D eigenvalue weighted by atomic mass is 10.3. The average Bonchev–Trinajstić information content (AvgIpc) is 2.38. The molecule has 0 radical (unpaired) electrons. The van der Waals surface area contributed by atoms with Crippen molar-refractivity contribution >= 4 is 5.97 Å². The van der Waals surface area contributed by atoms with Crippen LogP contribution in [0.25, 0.3) is 5.69 Å². The standard InChI is InChI=1S/C12H7F3N2O4/c13-12(14,15)21-8-3-1-7(2-4-8)17-6-5-16-9(10(17)18)11(19)20/h1-6H,(H,19,20). The maximum absolute atomic E-state index is 12.0. The minimum atomic E-state index is -4.81. The molecule has 0 bridgehead atoms. The first kappa shape index (κ1) is 14.6. The molecule has 0 aliphatic carbocycles. The molecule has 1 aromatic heterocycles. The van der Waals surface area contributed by atoms with Gasteiger partial charge in [0.2, 0.25) is 5.69 Å². The van der Waals surface area contributed by atoms with Gasteiger partial charge in [-0.1, -0.05) is 0 Å². The Hall–Kier alpha value is -2.84. The van der Waals surface area contributed by atoms with E-state index in [-0.39, 0.29) is 5.69 Å². The molecule has 9 heteroatoms. The summed E-state index contributed by atoms with van der Waals surface area (Å²) in [5, 5.41) is 8.79. The van der Waals surface area contributed by atoms with Gasteiger partial charge >= 0.3 is 12.3 Å². The lowest BCUT2D eigenvalue weighted by Crippen LogP contribution is -2.26. The Kier molecular flexibility index (Phi) is 3.66. The van der Waals surface area contributed by atoms with Crippen LogP contribution in [0.15, 0.2) is 41.5 Å². The molecule has 2 rings (SSSR count). The van der Waals surface area contributed by atoms with E-state index < -0.39 is 29.3 Å². The highest BCUT2D eigenvalue weighted by atomic mass is 19.4. The van der Waals surface area contributed by atoms with E-state index >= 15 is 0 Å². The van der Waals surface area contributed by atoms with Crippen molar-refractivity contribution in [2.45, 2.75) is 6.36 Å². The molecule has 1 heterocycles. The van der Waals surface area contributed by atoms with Crippen molar-refractivity contribution in [2.24, 2.45) is 0 Å². The summed E-state index contributed by atoms with van der Waals surface area (Å²) < 4.78 is 40.7. The summed E-state index contributed by atoms with van der Waals surface area (Å²) in [6.07, 6.45) is -2.51. The van der Waals surface area contributed by atoms with Gasteiger partial charge in [0.15, 0.2) is 0 Å². The predicted octanol–water partition coefficient (Wildman–Crippen LogP) is 1.83. The van der Waals surface area contributed by atoms with Gasteiger partial charge in [-0.15, -0.1) is 13.2 Å². The average molecular weight is 300 g/mol. The van der Waals surface area contributed by atoms with E-state index in [4.69, 9.17) is 5.11 Å². The van der Waals surface area contributed by atoms with Gasteiger partial charge < -0.3 is 9.84 Å². The highest BCUT2D eigenvalue weighted by molar-refractivity contribution is 5.84. The molecule has 0 atom stereocenters. The minimum Gasteiger partial charge on any atom is -0.476 e. The molecule has 110 valence electrons. The number of halogens is 3. The summed E-state index contributed by atoms with van der Waals surface area (Å²) in [4.78, 5) is 26.1. The number of hydrogen-bond donors (Lipinski definition) is 1. The van der Waals surface area contributed by atoms with Crippen molar-refractivity contribution in [3.63, 3.8) is 0 Å². The number of carboxylic acid groups (broad SMARTS) is 1. The first-order valence-electron chi connectivity index (χ1n) is 5.45. The number of ether oxygens (including phenoxy) is 1. The van der Waals surface area contributed by atoms with Crippen molar-refractivity contribution < 1.29 is 27.8 Å². The van der Waals surface area contributed by atoms with Gasteiger partial charge in [0.25, 0.3) is 5.56 Å². The fourth-order valence-corrected chi connectivity index (χ4v) is 1.57. The van der Waals surface area contributed by atoms with Crippen LogP contribution >= 0.6 is 0 Å². The Balaban J connectivity index is 2.38. The second kappa shape index (κ2) is 5.27. The largest absolute Gasteiger partial charge is 0.573 e. The number of carboxylic acids is 1. The third-order valence-electron chi connectivity index (χ3n) is 2.39. The Labute approximate surface area is 115 Å². The number of rotatable bonds is 3. The lowest BCUT2D eigenvalue weighted by molar-refractivity contribution is -0.274. The van der Waals surface area contributed by atoms with Crippen molar-refractivity contribution in [3.8, 4) is 11.4 Å². The van der Waals surface area contributed by atoms with Crippen LogP contribution in [0.2, 0.25) is 0 Å². The zero-order chi connectivity index (χ0) is 15.6.